The molecular formula is C17H20N4O3S. The van der Waals surface area contributed by atoms with Crippen LogP contribution in [0.4, 0.5) is 0 Å². The molecule has 0 atom stereocenters. The molecule has 0 spiro atoms. The standard InChI is InChI=1S/C17H20N4O3S/c1-10(2)7-9-25-15-12-14(20(3)17(23)21(4)16(12)22)18-13(19-15)11-6-5-8-24-11/h5-6,8,10H,7,9H2,1-4H3. The predicted octanol–water partition coefficient (Wildman–Crippen LogP) is 2.43. The van der Waals surface area contributed by atoms with Gasteiger partial charge in [-0.25, -0.2) is 14.8 Å². The van der Waals surface area contributed by atoms with Crippen molar-refractivity contribution >= 4 is 22.8 Å². The average molecular weight is 360 g/mol. The molecule has 8 heteroatoms. The second-order valence-electron chi connectivity index (χ2n) is 6.27. The first-order chi connectivity index (χ1) is 11.9. The van der Waals surface area contributed by atoms with Crippen molar-refractivity contribution < 1.29 is 4.42 Å². The van der Waals surface area contributed by atoms with Gasteiger partial charge in [0.05, 0.1) is 6.26 Å². The fourth-order valence-electron chi connectivity index (χ4n) is 2.44. The molecule has 0 radical (unpaired) electrons. The number of thioether (sulfide) groups is 1. The van der Waals surface area contributed by atoms with E-state index in [9.17, 15) is 9.59 Å². The minimum absolute atomic E-state index is 0.321. The first-order valence-corrected chi connectivity index (χ1v) is 9.03. The molecule has 0 saturated carbocycles. The molecule has 0 aliphatic heterocycles. The lowest BCUT2D eigenvalue weighted by atomic mass is 10.2. The van der Waals surface area contributed by atoms with Gasteiger partial charge in [0, 0.05) is 14.1 Å². The van der Waals surface area contributed by atoms with Gasteiger partial charge in [0.1, 0.15) is 10.4 Å². The van der Waals surface area contributed by atoms with E-state index in [4.69, 9.17) is 4.42 Å². The Morgan fingerprint density at radius 2 is 1.96 bits per heavy atom. The average Bonchev–Trinajstić information content (AvgIpc) is 3.11. The summed E-state index contributed by atoms with van der Waals surface area (Å²) in [7, 11) is 3.07. The minimum atomic E-state index is -0.417. The molecule has 0 fully saturated rings. The van der Waals surface area contributed by atoms with E-state index in [1.165, 1.54) is 29.6 Å². The van der Waals surface area contributed by atoms with Crippen molar-refractivity contribution in [2.75, 3.05) is 5.75 Å². The van der Waals surface area contributed by atoms with E-state index in [0.29, 0.717) is 33.6 Å². The topological polar surface area (TPSA) is 82.9 Å². The van der Waals surface area contributed by atoms with E-state index in [1.807, 2.05) is 0 Å². The van der Waals surface area contributed by atoms with Crippen molar-refractivity contribution in [1.82, 2.24) is 19.1 Å². The molecule has 0 aliphatic carbocycles. The Hall–Kier alpha value is -2.35. The highest BCUT2D eigenvalue weighted by Gasteiger charge is 2.19. The van der Waals surface area contributed by atoms with Crippen LogP contribution >= 0.6 is 11.8 Å². The Kier molecular flexibility index (Phi) is 4.80. The molecule has 0 saturated heterocycles. The molecule has 0 unspecified atom stereocenters. The summed E-state index contributed by atoms with van der Waals surface area (Å²) in [4.78, 5) is 33.9. The SMILES string of the molecule is CC(C)CCSc1nc(-c2ccco2)nc2c1c(=O)n(C)c(=O)n2C. The largest absolute Gasteiger partial charge is 0.461 e. The van der Waals surface area contributed by atoms with Crippen LogP contribution in [0, 0.1) is 5.92 Å². The first-order valence-electron chi connectivity index (χ1n) is 8.04. The number of aryl methyl sites for hydroxylation is 1. The van der Waals surface area contributed by atoms with Crippen molar-refractivity contribution in [2.45, 2.75) is 25.3 Å². The predicted molar refractivity (Wildman–Crippen MR) is 97.9 cm³/mol. The fourth-order valence-corrected chi connectivity index (χ4v) is 3.70. The highest BCUT2D eigenvalue weighted by atomic mass is 32.2. The highest BCUT2D eigenvalue weighted by Crippen LogP contribution is 2.27. The maximum absolute atomic E-state index is 12.6. The molecular weight excluding hydrogens is 340 g/mol. The summed E-state index contributed by atoms with van der Waals surface area (Å²) in [6.45, 7) is 4.30. The Morgan fingerprint density at radius 1 is 1.20 bits per heavy atom. The zero-order valence-corrected chi connectivity index (χ0v) is 15.5. The summed E-state index contributed by atoms with van der Waals surface area (Å²) >= 11 is 1.51. The van der Waals surface area contributed by atoms with Gasteiger partial charge in [-0.1, -0.05) is 13.8 Å². The summed E-state index contributed by atoms with van der Waals surface area (Å²) in [5.41, 5.74) is -0.475. The van der Waals surface area contributed by atoms with E-state index >= 15 is 0 Å². The molecule has 7 nitrogen and oxygen atoms in total. The van der Waals surface area contributed by atoms with Gasteiger partial charge < -0.3 is 4.42 Å². The summed E-state index contributed by atoms with van der Waals surface area (Å²) in [5.74, 6) is 2.25. The summed E-state index contributed by atoms with van der Waals surface area (Å²) < 4.78 is 7.85. The number of nitrogens with zero attached hydrogens (tertiary/aromatic N) is 4. The van der Waals surface area contributed by atoms with Crippen LogP contribution in [0.2, 0.25) is 0 Å². The van der Waals surface area contributed by atoms with E-state index in [1.54, 1.807) is 19.2 Å². The number of hydrogen-bond donors (Lipinski definition) is 0. The lowest BCUT2D eigenvalue weighted by molar-refractivity contribution is 0.576. The maximum Gasteiger partial charge on any atom is 0.332 e. The third kappa shape index (κ3) is 3.26. The molecule has 0 aromatic carbocycles. The molecule has 0 aliphatic rings. The number of hydrogen-bond acceptors (Lipinski definition) is 6. The Bertz CT molecular complexity index is 1020. The Morgan fingerprint density at radius 3 is 2.60 bits per heavy atom. The summed E-state index contributed by atoms with van der Waals surface area (Å²) in [6, 6.07) is 3.50. The fraction of sp³-hybridized carbons (Fsp3) is 0.412. The molecule has 3 aromatic heterocycles. The lowest BCUT2D eigenvalue weighted by Crippen LogP contribution is -2.37. The van der Waals surface area contributed by atoms with E-state index in [0.717, 1.165) is 16.7 Å². The molecule has 3 rings (SSSR count). The zero-order valence-electron chi connectivity index (χ0n) is 14.6. The highest BCUT2D eigenvalue weighted by molar-refractivity contribution is 7.99. The van der Waals surface area contributed by atoms with Gasteiger partial charge in [-0.15, -0.1) is 11.8 Å². The van der Waals surface area contributed by atoms with Gasteiger partial charge in [0.15, 0.2) is 17.2 Å². The molecule has 3 heterocycles. The van der Waals surface area contributed by atoms with E-state index in [-0.39, 0.29) is 5.56 Å². The van der Waals surface area contributed by atoms with Crippen LogP contribution in [0.3, 0.4) is 0 Å². The van der Waals surface area contributed by atoms with Crippen LogP contribution in [0.25, 0.3) is 22.6 Å². The Balaban J connectivity index is 2.26. The first kappa shape index (κ1) is 17.5. The zero-order chi connectivity index (χ0) is 18.1. The summed E-state index contributed by atoms with van der Waals surface area (Å²) in [6.07, 6.45) is 2.54. The van der Waals surface area contributed by atoms with Crippen molar-refractivity contribution in [2.24, 2.45) is 20.0 Å². The normalized spacial score (nSPS) is 11.6. The second-order valence-corrected chi connectivity index (χ2v) is 7.35. The van der Waals surface area contributed by atoms with Crippen LogP contribution in [0.1, 0.15) is 20.3 Å². The third-order valence-corrected chi connectivity index (χ3v) is 4.95. The summed E-state index contributed by atoms with van der Waals surface area (Å²) in [5, 5.41) is 0.946. The van der Waals surface area contributed by atoms with Crippen LogP contribution in [0.15, 0.2) is 37.4 Å². The van der Waals surface area contributed by atoms with Gasteiger partial charge in [-0.2, -0.15) is 0 Å². The van der Waals surface area contributed by atoms with Gasteiger partial charge >= 0.3 is 5.69 Å². The number of aromatic nitrogens is 4. The number of fused-ring (bicyclic) bond motifs is 1. The number of rotatable bonds is 5. The lowest BCUT2D eigenvalue weighted by Gasteiger charge is -2.11. The second kappa shape index (κ2) is 6.87. The molecule has 132 valence electrons. The van der Waals surface area contributed by atoms with Gasteiger partial charge in [0.2, 0.25) is 0 Å². The smallest absolute Gasteiger partial charge is 0.332 e. The third-order valence-electron chi connectivity index (χ3n) is 3.94. The minimum Gasteiger partial charge on any atom is -0.461 e. The van der Waals surface area contributed by atoms with Gasteiger partial charge in [0.25, 0.3) is 5.56 Å². The van der Waals surface area contributed by atoms with Gasteiger partial charge in [-0.3, -0.25) is 13.9 Å². The van der Waals surface area contributed by atoms with Crippen LogP contribution in [-0.4, -0.2) is 24.9 Å². The number of furan rings is 1. The van der Waals surface area contributed by atoms with Crippen molar-refractivity contribution in [3.05, 3.63) is 39.2 Å². The van der Waals surface area contributed by atoms with Crippen molar-refractivity contribution in [3.63, 3.8) is 0 Å². The molecule has 0 N–H and O–H groups in total. The molecule has 3 aromatic rings. The molecule has 0 amide bonds. The van der Waals surface area contributed by atoms with Crippen molar-refractivity contribution in [1.29, 1.82) is 0 Å². The quantitative estimate of drug-likeness (QED) is 0.513. The van der Waals surface area contributed by atoms with Gasteiger partial charge in [-0.05, 0) is 30.2 Å². The van der Waals surface area contributed by atoms with Crippen LogP contribution in [0.5, 0.6) is 0 Å². The maximum atomic E-state index is 12.6. The van der Waals surface area contributed by atoms with Crippen LogP contribution in [-0.2, 0) is 14.1 Å². The van der Waals surface area contributed by atoms with Crippen LogP contribution < -0.4 is 11.2 Å². The van der Waals surface area contributed by atoms with E-state index in [2.05, 4.69) is 23.8 Å². The van der Waals surface area contributed by atoms with Crippen molar-refractivity contribution in [3.8, 4) is 11.6 Å². The molecule has 0 bridgehead atoms. The molecule has 25 heavy (non-hydrogen) atoms. The Labute approximate surface area is 148 Å². The van der Waals surface area contributed by atoms with E-state index < -0.39 is 5.69 Å². The monoisotopic (exact) mass is 360 g/mol.